The molecule has 2 rings (SSSR count). The molecule has 3 nitrogen and oxygen atoms in total. The SMILES string of the molecule is CNc1ccc(Cl)cc1/C(C)=N/Nc1ccc(Cl)c(Cl)c1. The van der Waals surface area contributed by atoms with Crippen LogP contribution in [0.5, 0.6) is 0 Å². The van der Waals surface area contributed by atoms with Crippen LogP contribution in [0.15, 0.2) is 41.5 Å². The van der Waals surface area contributed by atoms with Crippen LogP contribution in [-0.4, -0.2) is 12.8 Å². The maximum atomic E-state index is 6.04. The molecule has 0 bridgehead atoms. The lowest BCUT2D eigenvalue weighted by Crippen LogP contribution is -2.04. The summed E-state index contributed by atoms with van der Waals surface area (Å²) in [6.45, 7) is 1.90. The van der Waals surface area contributed by atoms with Gasteiger partial charge in [-0.05, 0) is 43.3 Å². The van der Waals surface area contributed by atoms with E-state index in [1.54, 1.807) is 12.1 Å². The first-order valence-corrected chi connectivity index (χ1v) is 7.37. The lowest BCUT2D eigenvalue weighted by molar-refractivity contribution is 1.32. The molecule has 2 aromatic carbocycles. The van der Waals surface area contributed by atoms with Gasteiger partial charge in [-0.1, -0.05) is 34.8 Å². The minimum Gasteiger partial charge on any atom is -0.388 e. The van der Waals surface area contributed by atoms with Gasteiger partial charge in [-0.2, -0.15) is 5.10 Å². The minimum absolute atomic E-state index is 0.480. The molecule has 0 unspecified atom stereocenters. The highest BCUT2D eigenvalue weighted by molar-refractivity contribution is 6.42. The van der Waals surface area contributed by atoms with Crippen LogP contribution in [-0.2, 0) is 0 Å². The number of anilines is 2. The molecular weight excluding hydrogens is 329 g/mol. The predicted octanol–water partition coefficient (Wildman–Crippen LogP) is 5.52. The monoisotopic (exact) mass is 341 g/mol. The van der Waals surface area contributed by atoms with Gasteiger partial charge in [-0.25, -0.2) is 0 Å². The van der Waals surface area contributed by atoms with Crippen LogP contribution in [0.4, 0.5) is 11.4 Å². The van der Waals surface area contributed by atoms with Gasteiger partial charge >= 0.3 is 0 Å². The smallest absolute Gasteiger partial charge is 0.0669 e. The van der Waals surface area contributed by atoms with Crippen molar-refractivity contribution in [3.05, 3.63) is 57.0 Å². The molecule has 0 saturated heterocycles. The van der Waals surface area contributed by atoms with E-state index in [4.69, 9.17) is 34.8 Å². The zero-order valence-corrected chi connectivity index (χ0v) is 13.8. The normalized spacial score (nSPS) is 11.4. The minimum atomic E-state index is 0.480. The lowest BCUT2D eigenvalue weighted by Gasteiger charge is -2.10. The first kappa shape index (κ1) is 16.0. The molecule has 0 radical (unpaired) electrons. The van der Waals surface area contributed by atoms with Crippen molar-refractivity contribution in [3.8, 4) is 0 Å². The van der Waals surface area contributed by atoms with Gasteiger partial charge in [0.25, 0.3) is 0 Å². The number of nitrogens with one attached hydrogen (secondary N) is 2. The summed E-state index contributed by atoms with van der Waals surface area (Å²) in [5.74, 6) is 0. The molecule has 0 fully saturated rings. The van der Waals surface area contributed by atoms with E-state index in [0.29, 0.717) is 15.1 Å². The largest absolute Gasteiger partial charge is 0.388 e. The Morgan fingerprint density at radius 2 is 1.76 bits per heavy atom. The number of hydrogen-bond acceptors (Lipinski definition) is 3. The molecule has 0 heterocycles. The third-order valence-electron chi connectivity index (χ3n) is 2.91. The number of hydrogen-bond donors (Lipinski definition) is 2. The van der Waals surface area contributed by atoms with Crippen LogP contribution in [0.1, 0.15) is 12.5 Å². The summed E-state index contributed by atoms with van der Waals surface area (Å²) in [6, 6.07) is 10.9. The first-order valence-electron chi connectivity index (χ1n) is 6.24. The standard InChI is InChI=1S/C15H14Cl3N3/c1-9(12-7-10(16)3-6-15(12)19-2)20-21-11-4-5-13(17)14(18)8-11/h3-8,19,21H,1-2H3/b20-9+. The summed E-state index contributed by atoms with van der Waals surface area (Å²) in [5, 5.41) is 9.11. The van der Waals surface area contributed by atoms with E-state index < -0.39 is 0 Å². The Morgan fingerprint density at radius 1 is 1.00 bits per heavy atom. The molecule has 0 aliphatic carbocycles. The fourth-order valence-electron chi connectivity index (χ4n) is 1.81. The Hall–Kier alpha value is -1.42. The maximum absolute atomic E-state index is 6.04. The highest BCUT2D eigenvalue weighted by Crippen LogP contribution is 2.25. The third kappa shape index (κ3) is 4.03. The molecule has 21 heavy (non-hydrogen) atoms. The summed E-state index contributed by atoms with van der Waals surface area (Å²) >= 11 is 17.9. The average molecular weight is 343 g/mol. The van der Waals surface area contributed by atoms with Gasteiger partial charge in [0, 0.05) is 23.3 Å². The Morgan fingerprint density at radius 3 is 2.43 bits per heavy atom. The van der Waals surface area contributed by atoms with Crippen molar-refractivity contribution < 1.29 is 0 Å². The zero-order chi connectivity index (χ0) is 15.4. The van der Waals surface area contributed by atoms with Gasteiger partial charge in [0.05, 0.1) is 21.4 Å². The fourth-order valence-corrected chi connectivity index (χ4v) is 2.28. The van der Waals surface area contributed by atoms with E-state index in [1.807, 2.05) is 38.2 Å². The molecule has 2 N–H and O–H groups in total. The second-order valence-electron chi connectivity index (χ2n) is 4.38. The van der Waals surface area contributed by atoms with Crippen LogP contribution in [0.3, 0.4) is 0 Å². The van der Waals surface area contributed by atoms with Crippen molar-refractivity contribution in [2.24, 2.45) is 5.10 Å². The predicted molar refractivity (Wildman–Crippen MR) is 93.3 cm³/mol. The molecule has 0 spiro atoms. The van der Waals surface area contributed by atoms with Crippen LogP contribution in [0.2, 0.25) is 15.1 Å². The summed E-state index contributed by atoms with van der Waals surface area (Å²) in [5.41, 5.74) is 6.40. The van der Waals surface area contributed by atoms with Crippen molar-refractivity contribution in [1.29, 1.82) is 0 Å². The van der Waals surface area contributed by atoms with E-state index in [-0.39, 0.29) is 0 Å². The number of benzene rings is 2. The molecule has 0 saturated carbocycles. The van der Waals surface area contributed by atoms with Crippen LogP contribution in [0.25, 0.3) is 0 Å². The first-order chi connectivity index (χ1) is 10.0. The van der Waals surface area contributed by atoms with E-state index in [2.05, 4.69) is 15.8 Å². The number of nitrogens with zero attached hydrogens (tertiary/aromatic N) is 1. The van der Waals surface area contributed by atoms with Crippen LogP contribution >= 0.6 is 34.8 Å². The molecular formula is C15H14Cl3N3. The number of halogens is 3. The van der Waals surface area contributed by atoms with Crippen molar-refractivity contribution in [3.63, 3.8) is 0 Å². The van der Waals surface area contributed by atoms with Crippen molar-refractivity contribution in [1.82, 2.24) is 0 Å². The van der Waals surface area contributed by atoms with Crippen molar-refractivity contribution in [2.45, 2.75) is 6.92 Å². The second kappa shape index (κ2) is 7.03. The van der Waals surface area contributed by atoms with Gasteiger partial charge in [0.2, 0.25) is 0 Å². The average Bonchev–Trinajstić information content (AvgIpc) is 2.48. The van der Waals surface area contributed by atoms with E-state index in [1.165, 1.54) is 0 Å². The highest BCUT2D eigenvalue weighted by atomic mass is 35.5. The number of rotatable bonds is 4. The van der Waals surface area contributed by atoms with Crippen LogP contribution < -0.4 is 10.7 Å². The summed E-state index contributed by atoms with van der Waals surface area (Å²) in [7, 11) is 1.85. The fraction of sp³-hybridized carbons (Fsp3) is 0.133. The van der Waals surface area contributed by atoms with Crippen LogP contribution in [0, 0.1) is 0 Å². The second-order valence-corrected chi connectivity index (χ2v) is 5.63. The van der Waals surface area contributed by atoms with Gasteiger partial charge in [-0.3, -0.25) is 5.43 Å². The lowest BCUT2D eigenvalue weighted by atomic mass is 10.1. The molecule has 110 valence electrons. The molecule has 6 heteroatoms. The summed E-state index contributed by atoms with van der Waals surface area (Å²) in [4.78, 5) is 0. The van der Waals surface area contributed by atoms with Gasteiger partial charge in [0.15, 0.2) is 0 Å². The third-order valence-corrected chi connectivity index (χ3v) is 3.89. The molecule has 0 atom stereocenters. The Bertz CT molecular complexity index is 684. The highest BCUT2D eigenvalue weighted by Gasteiger charge is 2.06. The molecule has 0 amide bonds. The molecule has 0 aliphatic rings. The van der Waals surface area contributed by atoms with Gasteiger partial charge in [-0.15, -0.1) is 0 Å². The topological polar surface area (TPSA) is 36.4 Å². The Kier molecular flexibility index (Phi) is 5.34. The number of hydrazone groups is 1. The Labute approximate surface area is 138 Å². The summed E-state index contributed by atoms with van der Waals surface area (Å²) in [6.07, 6.45) is 0. The maximum Gasteiger partial charge on any atom is 0.0669 e. The van der Waals surface area contributed by atoms with Gasteiger partial charge in [0.1, 0.15) is 0 Å². The van der Waals surface area contributed by atoms with E-state index in [9.17, 15) is 0 Å². The van der Waals surface area contributed by atoms with Gasteiger partial charge < -0.3 is 5.32 Å². The zero-order valence-electron chi connectivity index (χ0n) is 11.5. The molecule has 0 aromatic heterocycles. The van der Waals surface area contributed by atoms with Crippen molar-refractivity contribution >= 4 is 51.9 Å². The van der Waals surface area contributed by atoms with E-state index >= 15 is 0 Å². The Balaban J connectivity index is 2.24. The summed E-state index contributed by atoms with van der Waals surface area (Å²) < 4.78 is 0. The molecule has 2 aromatic rings. The molecule has 0 aliphatic heterocycles. The quantitative estimate of drug-likeness (QED) is 0.566. The van der Waals surface area contributed by atoms with E-state index in [0.717, 1.165) is 22.6 Å². The van der Waals surface area contributed by atoms with Crippen molar-refractivity contribution in [2.75, 3.05) is 17.8 Å².